The number of nitrogens with one attached hydrogen (secondary N) is 1. The first-order valence-electron chi connectivity index (χ1n) is 7.15. The molecule has 0 saturated carbocycles. The molecule has 1 aliphatic heterocycles. The molecule has 0 amide bonds. The van der Waals surface area contributed by atoms with Crippen LogP contribution < -0.4 is 10.2 Å². The Kier molecular flexibility index (Phi) is 5.11. The molecule has 0 atom stereocenters. The molecule has 1 aliphatic rings. The van der Waals surface area contributed by atoms with Gasteiger partial charge >= 0.3 is 0 Å². The lowest BCUT2D eigenvalue weighted by atomic mass is 10.1. The van der Waals surface area contributed by atoms with Crippen molar-refractivity contribution in [3.8, 4) is 0 Å². The lowest BCUT2D eigenvalue weighted by Crippen LogP contribution is -2.28. The minimum Gasteiger partial charge on any atom is -0.369 e. The van der Waals surface area contributed by atoms with Crippen molar-refractivity contribution in [2.75, 3.05) is 30.3 Å². The average Bonchev–Trinajstić information content (AvgIpc) is 2.58. The van der Waals surface area contributed by atoms with Crippen LogP contribution in [-0.2, 0) is 6.54 Å². The van der Waals surface area contributed by atoms with E-state index in [0.717, 1.165) is 26.2 Å². The Bertz CT molecular complexity index is 406. The molecule has 3 nitrogen and oxygen atoms in total. The number of thioether (sulfide) groups is 1. The van der Waals surface area contributed by atoms with Crippen LogP contribution in [0.2, 0.25) is 0 Å². The number of rotatable bonds is 4. The topological polar surface area (TPSA) is 28.2 Å². The molecule has 19 heavy (non-hydrogen) atoms. The van der Waals surface area contributed by atoms with Gasteiger partial charge in [-0.1, -0.05) is 20.8 Å². The van der Waals surface area contributed by atoms with Crippen LogP contribution in [0.25, 0.3) is 0 Å². The molecule has 0 unspecified atom stereocenters. The number of hydrogen-bond donors (Lipinski definition) is 1. The third-order valence-corrected chi connectivity index (χ3v) is 5.00. The maximum Gasteiger partial charge on any atom is 0.0598 e. The van der Waals surface area contributed by atoms with Crippen LogP contribution in [0.5, 0.6) is 0 Å². The Hall–Kier alpha value is -0.740. The molecule has 2 heterocycles. The Balaban J connectivity index is 2.12. The molecular formula is C15H25N3S. The number of pyridine rings is 1. The van der Waals surface area contributed by atoms with E-state index in [-0.39, 0.29) is 0 Å². The SMILES string of the molecule is CCNCc1ccncc1N1CCSC(C)(C)CC1. The standard InChI is InChI=1S/C15H25N3S/c1-4-16-11-13-5-7-17-12-14(13)18-8-6-15(2,3)19-10-9-18/h5,7,12,16H,4,6,8-11H2,1-3H3. The monoisotopic (exact) mass is 279 g/mol. The van der Waals surface area contributed by atoms with Gasteiger partial charge in [0, 0.05) is 36.3 Å². The Morgan fingerprint density at radius 2 is 2.26 bits per heavy atom. The van der Waals surface area contributed by atoms with Crippen molar-refractivity contribution in [1.82, 2.24) is 10.3 Å². The summed E-state index contributed by atoms with van der Waals surface area (Å²) in [5, 5.41) is 3.42. The van der Waals surface area contributed by atoms with Crippen LogP contribution >= 0.6 is 11.8 Å². The second kappa shape index (κ2) is 6.62. The molecule has 0 spiro atoms. The van der Waals surface area contributed by atoms with E-state index in [9.17, 15) is 0 Å². The van der Waals surface area contributed by atoms with Gasteiger partial charge in [-0.15, -0.1) is 0 Å². The van der Waals surface area contributed by atoms with Gasteiger partial charge in [-0.3, -0.25) is 4.98 Å². The highest BCUT2D eigenvalue weighted by atomic mass is 32.2. The molecule has 0 aliphatic carbocycles. The first-order valence-corrected chi connectivity index (χ1v) is 8.13. The smallest absolute Gasteiger partial charge is 0.0598 e. The summed E-state index contributed by atoms with van der Waals surface area (Å²) in [6.45, 7) is 11.0. The minimum absolute atomic E-state index is 0.402. The van der Waals surface area contributed by atoms with Crippen LogP contribution in [0, 0.1) is 0 Å². The van der Waals surface area contributed by atoms with Crippen molar-refractivity contribution >= 4 is 17.4 Å². The largest absolute Gasteiger partial charge is 0.369 e. The Morgan fingerprint density at radius 3 is 3.05 bits per heavy atom. The summed E-state index contributed by atoms with van der Waals surface area (Å²) < 4.78 is 0.402. The highest BCUT2D eigenvalue weighted by Gasteiger charge is 2.24. The molecule has 0 aromatic carbocycles. The predicted octanol–water partition coefficient (Wildman–Crippen LogP) is 2.91. The van der Waals surface area contributed by atoms with E-state index in [1.807, 2.05) is 12.4 Å². The van der Waals surface area contributed by atoms with E-state index in [4.69, 9.17) is 0 Å². The zero-order valence-electron chi connectivity index (χ0n) is 12.3. The molecule has 1 aromatic heterocycles. The molecule has 0 bridgehead atoms. The number of aromatic nitrogens is 1. The van der Waals surface area contributed by atoms with Gasteiger partial charge in [0.15, 0.2) is 0 Å². The molecule has 1 N–H and O–H groups in total. The van der Waals surface area contributed by atoms with Gasteiger partial charge in [-0.25, -0.2) is 0 Å². The van der Waals surface area contributed by atoms with Gasteiger partial charge in [0.05, 0.1) is 11.9 Å². The second-order valence-electron chi connectivity index (χ2n) is 5.63. The summed E-state index contributed by atoms with van der Waals surface area (Å²) in [5.74, 6) is 1.20. The van der Waals surface area contributed by atoms with Crippen LogP contribution in [0.15, 0.2) is 18.5 Å². The number of anilines is 1. The van der Waals surface area contributed by atoms with Crippen molar-refractivity contribution in [3.05, 3.63) is 24.0 Å². The lowest BCUT2D eigenvalue weighted by Gasteiger charge is -2.26. The summed E-state index contributed by atoms with van der Waals surface area (Å²) in [6, 6.07) is 2.14. The average molecular weight is 279 g/mol. The van der Waals surface area contributed by atoms with Gasteiger partial charge in [-0.05, 0) is 24.6 Å². The molecule has 4 heteroatoms. The lowest BCUT2D eigenvalue weighted by molar-refractivity contribution is 0.634. The highest BCUT2D eigenvalue weighted by molar-refractivity contribution is 8.00. The van der Waals surface area contributed by atoms with Gasteiger partial charge in [-0.2, -0.15) is 11.8 Å². The first kappa shape index (κ1) is 14.7. The summed E-state index contributed by atoms with van der Waals surface area (Å²) in [7, 11) is 0. The van der Waals surface area contributed by atoms with Crippen LogP contribution in [0.4, 0.5) is 5.69 Å². The Labute approximate surface area is 121 Å². The van der Waals surface area contributed by atoms with Crippen LogP contribution in [-0.4, -0.2) is 35.1 Å². The first-order chi connectivity index (χ1) is 9.12. The molecule has 1 fully saturated rings. The van der Waals surface area contributed by atoms with Gasteiger partial charge < -0.3 is 10.2 Å². The van der Waals surface area contributed by atoms with E-state index in [0.29, 0.717) is 4.75 Å². The fourth-order valence-corrected chi connectivity index (χ4v) is 3.47. The number of nitrogens with zero attached hydrogens (tertiary/aromatic N) is 2. The highest BCUT2D eigenvalue weighted by Crippen LogP contribution is 2.32. The van der Waals surface area contributed by atoms with Crippen molar-refractivity contribution < 1.29 is 0 Å². The van der Waals surface area contributed by atoms with Gasteiger partial charge in [0.2, 0.25) is 0 Å². The van der Waals surface area contributed by atoms with Crippen molar-refractivity contribution in [1.29, 1.82) is 0 Å². The third-order valence-electron chi connectivity index (χ3n) is 3.63. The fraction of sp³-hybridized carbons (Fsp3) is 0.667. The maximum absolute atomic E-state index is 4.32. The summed E-state index contributed by atoms with van der Waals surface area (Å²) in [4.78, 5) is 6.82. The van der Waals surface area contributed by atoms with E-state index in [1.165, 1.54) is 23.4 Å². The summed E-state index contributed by atoms with van der Waals surface area (Å²) in [5.41, 5.74) is 2.67. The summed E-state index contributed by atoms with van der Waals surface area (Å²) >= 11 is 2.09. The molecule has 1 aromatic rings. The third kappa shape index (κ3) is 4.11. The molecule has 2 rings (SSSR count). The normalized spacial score (nSPS) is 19.2. The molecule has 106 valence electrons. The quantitative estimate of drug-likeness (QED) is 0.917. The Morgan fingerprint density at radius 1 is 1.42 bits per heavy atom. The van der Waals surface area contributed by atoms with Crippen LogP contribution in [0.1, 0.15) is 32.8 Å². The minimum atomic E-state index is 0.402. The van der Waals surface area contributed by atoms with Crippen molar-refractivity contribution in [2.24, 2.45) is 0 Å². The van der Waals surface area contributed by atoms with Crippen molar-refractivity contribution in [3.63, 3.8) is 0 Å². The zero-order valence-corrected chi connectivity index (χ0v) is 13.1. The van der Waals surface area contributed by atoms with E-state index < -0.39 is 0 Å². The summed E-state index contributed by atoms with van der Waals surface area (Å²) in [6.07, 6.45) is 5.15. The fourth-order valence-electron chi connectivity index (χ4n) is 2.37. The van der Waals surface area contributed by atoms with E-state index >= 15 is 0 Å². The van der Waals surface area contributed by atoms with Crippen molar-refractivity contribution in [2.45, 2.75) is 38.5 Å². The van der Waals surface area contributed by atoms with E-state index in [1.54, 1.807) is 0 Å². The van der Waals surface area contributed by atoms with Gasteiger partial charge in [0.1, 0.15) is 0 Å². The predicted molar refractivity (Wildman–Crippen MR) is 85.0 cm³/mol. The molecule has 0 radical (unpaired) electrons. The number of hydrogen-bond acceptors (Lipinski definition) is 4. The molecule has 1 saturated heterocycles. The molecular weight excluding hydrogens is 254 g/mol. The zero-order chi connectivity index (χ0) is 13.7. The van der Waals surface area contributed by atoms with Gasteiger partial charge in [0.25, 0.3) is 0 Å². The van der Waals surface area contributed by atoms with Crippen LogP contribution in [0.3, 0.4) is 0 Å². The van der Waals surface area contributed by atoms with E-state index in [2.05, 4.69) is 53.8 Å². The maximum atomic E-state index is 4.32. The second-order valence-corrected chi connectivity index (χ2v) is 7.43.